The predicted octanol–water partition coefficient (Wildman–Crippen LogP) is 4.18. The van der Waals surface area contributed by atoms with E-state index in [1.54, 1.807) is 35.2 Å². The summed E-state index contributed by atoms with van der Waals surface area (Å²) in [6, 6.07) is 13.5. The van der Waals surface area contributed by atoms with Crippen molar-refractivity contribution in [2.24, 2.45) is 0 Å². The molecule has 0 atom stereocenters. The number of para-hydroxylation sites is 1. The van der Waals surface area contributed by atoms with Gasteiger partial charge in [0.15, 0.2) is 0 Å². The lowest BCUT2D eigenvalue weighted by atomic mass is 10.1. The van der Waals surface area contributed by atoms with Crippen LogP contribution in [0.5, 0.6) is 5.75 Å². The summed E-state index contributed by atoms with van der Waals surface area (Å²) in [7, 11) is 0. The van der Waals surface area contributed by atoms with Gasteiger partial charge in [-0.15, -0.1) is 0 Å². The minimum Gasteiger partial charge on any atom is -0.435 e. The summed E-state index contributed by atoms with van der Waals surface area (Å²) in [5.41, 5.74) is 1.98. The van der Waals surface area contributed by atoms with Crippen LogP contribution in [-0.2, 0) is 16.0 Å². The van der Waals surface area contributed by atoms with Gasteiger partial charge in [-0.25, -0.2) is 0 Å². The minimum absolute atomic E-state index is 0.0351. The third-order valence-electron chi connectivity index (χ3n) is 5.18. The Labute approximate surface area is 175 Å². The molecule has 1 saturated heterocycles. The Hall–Kier alpha value is -2.96. The van der Waals surface area contributed by atoms with E-state index in [2.05, 4.69) is 4.74 Å². The molecule has 3 rings (SSSR count). The molecule has 2 aromatic carbocycles. The van der Waals surface area contributed by atoms with E-state index >= 15 is 0 Å². The second-order valence-electron chi connectivity index (χ2n) is 7.42. The van der Waals surface area contributed by atoms with Crippen LogP contribution < -0.4 is 9.64 Å². The molecule has 0 aromatic heterocycles. The molecular weight excluding hydrogens is 390 g/mol. The summed E-state index contributed by atoms with van der Waals surface area (Å²) in [6.07, 6.45) is 2.88. The molecule has 0 unspecified atom stereocenters. The van der Waals surface area contributed by atoms with Crippen molar-refractivity contribution >= 4 is 17.5 Å². The molecule has 0 bridgehead atoms. The highest BCUT2D eigenvalue weighted by Crippen LogP contribution is 2.23. The van der Waals surface area contributed by atoms with Gasteiger partial charge in [0.2, 0.25) is 11.8 Å². The zero-order valence-corrected chi connectivity index (χ0v) is 17.0. The molecule has 0 saturated carbocycles. The van der Waals surface area contributed by atoms with Gasteiger partial charge in [0.1, 0.15) is 12.3 Å². The van der Waals surface area contributed by atoms with Crippen LogP contribution in [0.4, 0.5) is 14.5 Å². The summed E-state index contributed by atoms with van der Waals surface area (Å²) < 4.78 is 30.0. The second-order valence-corrected chi connectivity index (χ2v) is 7.42. The lowest BCUT2D eigenvalue weighted by Crippen LogP contribution is -2.45. The number of hydrogen-bond donors (Lipinski definition) is 0. The molecule has 30 heavy (non-hydrogen) atoms. The number of rotatable bonds is 7. The number of aryl methyl sites for hydroxylation is 1. The lowest BCUT2D eigenvalue weighted by molar-refractivity contribution is -0.132. The van der Waals surface area contributed by atoms with Crippen LogP contribution in [-0.4, -0.2) is 43.0 Å². The topological polar surface area (TPSA) is 49.9 Å². The van der Waals surface area contributed by atoms with Crippen LogP contribution in [0.1, 0.15) is 30.4 Å². The number of nitrogens with zero attached hydrogens (tertiary/aromatic N) is 2. The normalized spacial score (nSPS) is 13.9. The average molecular weight is 416 g/mol. The van der Waals surface area contributed by atoms with Gasteiger partial charge < -0.3 is 14.5 Å². The Morgan fingerprint density at radius 3 is 2.37 bits per heavy atom. The highest BCUT2D eigenvalue weighted by Gasteiger charge is 2.25. The van der Waals surface area contributed by atoms with Crippen molar-refractivity contribution < 1.29 is 23.1 Å². The van der Waals surface area contributed by atoms with E-state index < -0.39 is 6.61 Å². The van der Waals surface area contributed by atoms with E-state index in [9.17, 15) is 18.4 Å². The van der Waals surface area contributed by atoms with E-state index in [-0.39, 0.29) is 30.5 Å². The summed E-state index contributed by atoms with van der Waals surface area (Å²) >= 11 is 0. The first-order valence-electron chi connectivity index (χ1n) is 10.1. The number of carbonyl (C=O) groups is 2. The molecule has 2 amide bonds. The van der Waals surface area contributed by atoms with Gasteiger partial charge in [0, 0.05) is 24.3 Å². The Morgan fingerprint density at radius 2 is 1.70 bits per heavy atom. The lowest BCUT2D eigenvalue weighted by Gasteiger charge is -2.30. The fraction of sp³-hybridized carbons (Fsp3) is 0.391. The molecule has 1 aliphatic heterocycles. The van der Waals surface area contributed by atoms with Gasteiger partial charge in [0.05, 0.1) is 6.42 Å². The molecular formula is C23H26F2N2O3. The third-order valence-corrected chi connectivity index (χ3v) is 5.18. The van der Waals surface area contributed by atoms with Crippen molar-refractivity contribution in [3.63, 3.8) is 0 Å². The molecule has 2 aromatic rings. The Balaban J connectivity index is 1.81. The summed E-state index contributed by atoms with van der Waals surface area (Å²) in [4.78, 5) is 29.2. The predicted molar refractivity (Wildman–Crippen MR) is 111 cm³/mol. The molecule has 160 valence electrons. The number of carbonyl (C=O) groups excluding carboxylic acids is 2. The first kappa shape index (κ1) is 21.7. The number of hydrogen-bond acceptors (Lipinski definition) is 3. The Morgan fingerprint density at radius 1 is 1.03 bits per heavy atom. The van der Waals surface area contributed by atoms with E-state index in [0.717, 1.165) is 24.8 Å². The van der Waals surface area contributed by atoms with Crippen LogP contribution in [0.25, 0.3) is 0 Å². The van der Waals surface area contributed by atoms with Gasteiger partial charge >= 0.3 is 6.61 Å². The average Bonchev–Trinajstić information content (AvgIpc) is 2.74. The number of likely N-dealkylation sites (tertiary alicyclic amines) is 1. The maximum atomic E-state index is 13.2. The van der Waals surface area contributed by atoms with E-state index in [4.69, 9.17) is 0 Å². The third kappa shape index (κ3) is 5.78. The van der Waals surface area contributed by atoms with Crippen LogP contribution in [0, 0.1) is 6.92 Å². The van der Waals surface area contributed by atoms with Gasteiger partial charge in [-0.1, -0.05) is 35.9 Å². The molecule has 0 spiro atoms. The highest BCUT2D eigenvalue weighted by molar-refractivity contribution is 6.00. The Bertz CT molecular complexity index is 865. The van der Waals surface area contributed by atoms with Gasteiger partial charge in [-0.3, -0.25) is 9.59 Å². The van der Waals surface area contributed by atoms with Crippen LogP contribution in [0.3, 0.4) is 0 Å². The number of anilines is 1. The monoisotopic (exact) mass is 416 g/mol. The van der Waals surface area contributed by atoms with Crippen molar-refractivity contribution in [3.05, 3.63) is 59.7 Å². The largest absolute Gasteiger partial charge is 0.435 e. The standard InChI is InChI=1S/C23H26F2N2O3/c1-17-9-11-19(12-10-17)27(16-22(29)26-13-5-2-6-14-26)21(28)15-18-7-3-4-8-20(18)30-23(24)25/h3-4,7-12,23H,2,5-6,13-16H2,1H3. The molecule has 0 aliphatic carbocycles. The SMILES string of the molecule is Cc1ccc(N(CC(=O)N2CCCCC2)C(=O)Cc2ccccc2OC(F)F)cc1. The van der Waals surface area contributed by atoms with Crippen molar-refractivity contribution in [2.45, 2.75) is 39.2 Å². The summed E-state index contributed by atoms with van der Waals surface area (Å²) in [5.74, 6) is -0.498. The number of halogens is 2. The molecule has 1 aliphatic rings. The van der Waals surface area contributed by atoms with Crippen LogP contribution >= 0.6 is 0 Å². The van der Waals surface area contributed by atoms with Gasteiger partial charge in [0.25, 0.3) is 0 Å². The number of alkyl halides is 2. The zero-order chi connectivity index (χ0) is 21.5. The Kier molecular flexibility index (Phi) is 7.38. The second kappa shape index (κ2) is 10.2. The molecule has 1 heterocycles. The van der Waals surface area contributed by atoms with Crippen molar-refractivity contribution in [1.82, 2.24) is 4.90 Å². The van der Waals surface area contributed by atoms with Crippen molar-refractivity contribution in [3.8, 4) is 5.75 Å². The minimum atomic E-state index is -2.98. The molecule has 1 fully saturated rings. The number of piperidine rings is 1. The van der Waals surface area contributed by atoms with E-state index in [1.807, 2.05) is 19.1 Å². The van der Waals surface area contributed by atoms with E-state index in [1.165, 1.54) is 11.0 Å². The fourth-order valence-electron chi connectivity index (χ4n) is 3.55. The number of ether oxygens (including phenoxy) is 1. The highest BCUT2D eigenvalue weighted by atomic mass is 19.3. The first-order valence-corrected chi connectivity index (χ1v) is 10.1. The first-order chi connectivity index (χ1) is 14.4. The molecule has 7 heteroatoms. The summed E-state index contributed by atoms with van der Waals surface area (Å²) in [5, 5.41) is 0. The van der Waals surface area contributed by atoms with Crippen LogP contribution in [0.15, 0.2) is 48.5 Å². The quantitative estimate of drug-likeness (QED) is 0.680. The van der Waals surface area contributed by atoms with Crippen molar-refractivity contribution in [1.29, 1.82) is 0 Å². The molecule has 0 N–H and O–H groups in total. The van der Waals surface area contributed by atoms with Crippen LogP contribution in [0.2, 0.25) is 0 Å². The summed E-state index contributed by atoms with van der Waals surface area (Å²) in [6.45, 7) is 0.265. The molecule has 5 nitrogen and oxygen atoms in total. The zero-order valence-electron chi connectivity index (χ0n) is 17.0. The fourth-order valence-corrected chi connectivity index (χ4v) is 3.55. The smallest absolute Gasteiger partial charge is 0.387 e. The molecule has 0 radical (unpaired) electrons. The number of benzene rings is 2. The maximum absolute atomic E-state index is 13.2. The number of amides is 2. The van der Waals surface area contributed by atoms with Gasteiger partial charge in [-0.2, -0.15) is 8.78 Å². The van der Waals surface area contributed by atoms with E-state index in [0.29, 0.717) is 24.3 Å². The van der Waals surface area contributed by atoms with Crippen molar-refractivity contribution in [2.75, 3.05) is 24.5 Å². The van der Waals surface area contributed by atoms with Gasteiger partial charge in [-0.05, 0) is 44.4 Å². The maximum Gasteiger partial charge on any atom is 0.387 e.